The van der Waals surface area contributed by atoms with Crippen LogP contribution in [0.2, 0.25) is 0 Å². The number of sulfonamides is 1. The number of ether oxygens (including phenoxy) is 2. The molecule has 0 aliphatic heterocycles. The summed E-state index contributed by atoms with van der Waals surface area (Å²) in [5, 5.41) is 0. The number of carbonyl (C=O) groups is 2. The lowest BCUT2D eigenvalue weighted by Gasteiger charge is -2.16. The maximum absolute atomic E-state index is 12.2. The third-order valence-electron chi connectivity index (χ3n) is 2.84. The van der Waals surface area contributed by atoms with Gasteiger partial charge in [-0.2, -0.15) is 0 Å². The van der Waals surface area contributed by atoms with Crippen molar-refractivity contribution in [1.29, 1.82) is 0 Å². The summed E-state index contributed by atoms with van der Waals surface area (Å²) < 4.78 is 35.3. The van der Waals surface area contributed by atoms with Gasteiger partial charge in [0.2, 0.25) is 10.0 Å². The number of primary amides is 1. The highest BCUT2D eigenvalue weighted by Crippen LogP contribution is 2.27. The fourth-order valence-electron chi connectivity index (χ4n) is 1.49. The molecule has 0 fully saturated rings. The number of rotatable bonds is 6. The Morgan fingerprint density at radius 3 is 2.32 bits per heavy atom. The van der Waals surface area contributed by atoms with E-state index in [9.17, 15) is 18.0 Å². The van der Waals surface area contributed by atoms with Crippen molar-refractivity contribution in [1.82, 2.24) is 4.31 Å². The third-order valence-corrected chi connectivity index (χ3v) is 4.68. The van der Waals surface area contributed by atoms with Crippen LogP contribution in [0.15, 0.2) is 23.1 Å². The molecule has 0 saturated heterocycles. The summed E-state index contributed by atoms with van der Waals surface area (Å²) in [7, 11) is 0.217. The van der Waals surface area contributed by atoms with E-state index in [0.717, 1.165) is 10.4 Å². The van der Waals surface area contributed by atoms with Gasteiger partial charge in [0.1, 0.15) is 10.6 Å². The average Bonchev–Trinajstić information content (AvgIpc) is 2.45. The Morgan fingerprint density at radius 1 is 1.27 bits per heavy atom. The molecule has 122 valence electrons. The number of hydrogen-bond donors (Lipinski definition) is 1. The van der Waals surface area contributed by atoms with E-state index in [1.807, 2.05) is 0 Å². The Balaban J connectivity index is 3.26. The van der Waals surface area contributed by atoms with Crippen molar-refractivity contribution < 1.29 is 27.5 Å². The zero-order valence-corrected chi connectivity index (χ0v) is 13.5. The highest BCUT2D eigenvalue weighted by atomic mass is 32.2. The fourth-order valence-corrected chi connectivity index (χ4v) is 2.56. The summed E-state index contributed by atoms with van der Waals surface area (Å²) in [4.78, 5) is 22.7. The number of esters is 1. The van der Waals surface area contributed by atoms with Gasteiger partial charge in [0.05, 0.1) is 12.7 Å². The van der Waals surface area contributed by atoms with Gasteiger partial charge in [0.25, 0.3) is 5.91 Å². The van der Waals surface area contributed by atoms with Crippen LogP contribution in [-0.4, -0.2) is 51.9 Å². The van der Waals surface area contributed by atoms with Gasteiger partial charge < -0.3 is 15.2 Å². The molecule has 0 aliphatic carbocycles. The van der Waals surface area contributed by atoms with Gasteiger partial charge in [-0.3, -0.25) is 4.79 Å². The van der Waals surface area contributed by atoms with Gasteiger partial charge in [0.15, 0.2) is 6.10 Å². The van der Waals surface area contributed by atoms with E-state index in [2.05, 4.69) is 0 Å². The maximum Gasteiger partial charge on any atom is 0.338 e. The Hall–Kier alpha value is -2.13. The zero-order chi connectivity index (χ0) is 17.1. The molecule has 0 aromatic heterocycles. The molecule has 1 aromatic carbocycles. The van der Waals surface area contributed by atoms with Crippen LogP contribution in [0.3, 0.4) is 0 Å². The van der Waals surface area contributed by atoms with Crippen LogP contribution in [0, 0.1) is 0 Å². The molecule has 1 aromatic rings. The van der Waals surface area contributed by atoms with Crippen molar-refractivity contribution in [2.75, 3.05) is 21.2 Å². The molecule has 0 saturated carbocycles. The average molecular weight is 330 g/mol. The van der Waals surface area contributed by atoms with Gasteiger partial charge in [-0.05, 0) is 25.1 Å². The van der Waals surface area contributed by atoms with E-state index in [1.54, 1.807) is 0 Å². The SMILES string of the molecule is COc1ccc(C(=O)OC(C)C(N)=O)cc1S(=O)(=O)N(C)C. The van der Waals surface area contributed by atoms with Crippen LogP contribution in [0.25, 0.3) is 0 Å². The monoisotopic (exact) mass is 330 g/mol. The Bertz CT molecular complexity index is 684. The highest BCUT2D eigenvalue weighted by Gasteiger charge is 2.25. The quantitative estimate of drug-likeness (QED) is 0.733. The largest absolute Gasteiger partial charge is 0.495 e. The van der Waals surface area contributed by atoms with Crippen LogP contribution in [0.4, 0.5) is 0 Å². The smallest absolute Gasteiger partial charge is 0.338 e. The maximum atomic E-state index is 12.2. The topological polar surface area (TPSA) is 116 Å². The van der Waals surface area contributed by atoms with Gasteiger partial charge in [-0.1, -0.05) is 0 Å². The van der Waals surface area contributed by atoms with Gasteiger partial charge in [-0.25, -0.2) is 17.5 Å². The third kappa shape index (κ3) is 3.74. The second kappa shape index (κ2) is 6.75. The van der Waals surface area contributed by atoms with E-state index in [-0.39, 0.29) is 16.2 Å². The lowest BCUT2D eigenvalue weighted by molar-refractivity contribution is -0.125. The number of benzene rings is 1. The summed E-state index contributed by atoms with van der Waals surface area (Å²) in [5.74, 6) is -1.57. The van der Waals surface area contributed by atoms with E-state index >= 15 is 0 Å². The number of amides is 1. The number of carbonyl (C=O) groups excluding carboxylic acids is 2. The minimum absolute atomic E-state index is 0.0330. The van der Waals surface area contributed by atoms with Crippen molar-refractivity contribution in [3.8, 4) is 5.75 Å². The number of hydrogen-bond acceptors (Lipinski definition) is 6. The van der Waals surface area contributed by atoms with Crippen molar-refractivity contribution >= 4 is 21.9 Å². The van der Waals surface area contributed by atoms with E-state index in [4.69, 9.17) is 15.2 Å². The predicted molar refractivity (Wildman–Crippen MR) is 77.9 cm³/mol. The minimum atomic E-state index is -3.81. The van der Waals surface area contributed by atoms with Crippen LogP contribution < -0.4 is 10.5 Å². The molecule has 0 aliphatic rings. The first-order valence-electron chi connectivity index (χ1n) is 6.22. The molecule has 1 atom stereocenters. The van der Waals surface area contributed by atoms with E-state index < -0.39 is 28.0 Å². The van der Waals surface area contributed by atoms with Gasteiger partial charge >= 0.3 is 5.97 Å². The summed E-state index contributed by atoms with van der Waals surface area (Å²) in [5.41, 5.74) is 4.98. The molecular weight excluding hydrogens is 312 g/mol. The normalized spacial score (nSPS) is 12.8. The van der Waals surface area contributed by atoms with Gasteiger partial charge in [0, 0.05) is 14.1 Å². The summed E-state index contributed by atoms with van der Waals surface area (Å²) >= 11 is 0. The molecule has 0 radical (unpaired) electrons. The van der Waals surface area contributed by atoms with Crippen LogP contribution >= 0.6 is 0 Å². The molecule has 8 nitrogen and oxygen atoms in total. The minimum Gasteiger partial charge on any atom is -0.495 e. The lowest BCUT2D eigenvalue weighted by atomic mass is 10.2. The number of nitrogens with zero attached hydrogens (tertiary/aromatic N) is 1. The molecule has 22 heavy (non-hydrogen) atoms. The first-order chi connectivity index (χ1) is 10.1. The Kier molecular flexibility index (Phi) is 5.50. The van der Waals surface area contributed by atoms with Crippen molar-refractivity contribution in [3.63, 3.8) is 0 Å². The molecule has 1 amide bonds. The molecule has 0 heterocycles. The summed E-state index contributed by atoms with van der Waals surface area (Å²) in [6.45, 7) is 1.32. The summed E-state index contributed by atoms with van der Waals surface area (Å²) in [6, 6.07) is 3.80. The second-order valence-electron chi connectivity index (χ2n) is 4.60. The molecule has 1 unspecified atom stereocenters. The molecule has 9 heteroatoms. The van der Waals surface area contributed by atoms with E-state index in [0.29, 0.717) is 0 Å². The Morgan fingerprint density at radius 2 is 1.86 bits per heavy atom. The van der Waals surface area contributed by atoms with Crippen LogP contribution in [0.1, 0.15) is 17.3 Å². The first-order valence-corrected chi connectivity index (χ1v) is 7.66. The molecule has 1 rings (SSSR count). The summed E-state index contributed by atoms with van der Waals surface area (Å²) in [6.07, 6.45) is -1.12. The van der Waals surface area contributed by atoms with Crippen LogP contribution in [0.5, 0.6) is 5.75 Å². The molecule has 0 bridgehead atoms. The predicted octanol–water partition coefficient (Wildman–Crippen LogP) is -0.0239. The molecule has 0 spiro atoms. The lowest BCUT2D eigenvalue weighted by Crippen LogP contribution is -2.30. The highest BCUT2D eigenvalue weighted by molar-refractivity contribution is 7.89. The Labute approximate surface area is 128 Å². The number of methoxy groups -OCH3 is 1. The van der Waals surface area contributed by atoms with Crippen molar-refractivity contribution in [2.45, 2.75) is 17.9 Å². The molecular formula is C13H18N2O6S. The standard InChI is InChI=1S/C13H18N2O6S/c1-8(12(14)16)21-13(17)9-5-6-10(20-4)11(7-9)22(18,19)15(2)3/h5-8H,1-4H3,(H2,14,16). The fraction of sp³-hybridized carbons (Fsp3) is 0.385. The first kappa shape index (κ1) is 17.9. The van der Waals surface area contributed by atoms with Crippen molar-refractivity contribution in [2.24, 2.45) is 5.73 Å². The number of nitrogens with two attached hydrogens (primary N) is 1. The molecule has 2 N–H and O–H groups in total. The van der Waals surface area contributed by atoms with Crippen LogP contribution in [-0.2, 0) is 19.6 Å². The second-order valence-corrected chi connectivity index (χ2v) is 6.72. The van der Waals surface area contributed by atoms with Crippen molar-refractivity contribution in [3.05, 3.63) is 23.8 Å². The van der Waals surface area contributed by atoms with Gasteiger partial charge in [-0.15, -0.1) is 0 Å². The zero-order valence-electron chi connectivity index (χ0n) is 12.7. The van der Waals surface area contributed by atoms with E-state index in [1.165, 1.54) is 40.3 Å².